The molecule has 8 heteroatoms. The first-order valence-electron chi connectivity index (χ1n) is 11.5. The number of benzene rings is 2. The lowest BCUT2D eigenvalue weighted by Crippen LogP contribution is -2.51. The smallest absolute Gasteiger partial charge is 0.410 e. The molecule has 0 aliphatic carbocycles. The summed E-state index contributed by atoms with van der Waals surface area (Å²) in [5.74, 6) is -0.750. The van der Waals surface area contributed by atoms with Gasteiger partial charge in [0.05, 0.1) is 7.11 Å². The maximum absolute atomic E-state index is 13.5. The Balaban J connectivity index is 1.72. The molecule has 2 aromatic rings. The fraction of sp³-hybridized carbons (Fsp3) is 0.423. The molecule has 0 saturated carbocycles. The summed E-state index contributed by atoms with van der Waals surface area (Å²) in [5, 5.41) is 4.16. The highest BCUT2D eigenvalue weighted by Crippen LogP contribution is 2.25. The molecule has 0 aromatic heterocycles. The minimum atomic E-state index is -0.970. The summed E-state index contributed by atoms with van der Waals surface area (Å²) in [5.41, 5.74) is 0.501. The van der Waals surface area contributed by atoms with E-state index in [1.165, 1.54) is 7.11 Å². The van der Waals surface area contributed by atoms with Crippen molar-refractivity contribution in [2.45, 2.75) is 51.3 Å². The molecule has 2 aromatic carbocycles. The third-order valence-electron chi connectivity index (χ3n) is 5.51. The van der Waals surface area contributed by atoms with Crippen molar-refractivity contribution >= 4 is 17.9 Å². The highest BCUT2D eigenvalue weighted by Gasteiger charge is 2.35. The zero-order valence-corrected chi connectivity index (χ0v) is 20.2. The van der Waals surface area contributed by atoms with Crippen molar-refractivity contribution in [2.75, 3.05) is 20.2 Å². The zero-order chi connectivity index (χ0) is 24.7. The predicted molar refractivity (Wildman–Crippen MR) is 128 cm³/mol. The SMILES string of the molecule is CON(C(=O)c1ccccc1)[C@@H](C(=O)NC1CCN(C(=O)OC(C)(C)C)CC1)c1ccccc1. The fourth-order valence-corrected chi connectivity index (χ4v) is 3.86. The number of hydroxylamine groups is 2. The molecule has 182 valence electrons. The Labute approximate surface area is 200 Å². The number of nitrogens with zero attached hydrogens (tertiary/aromatic N) is 2. The van der Waals surface area contributed by atoms with Crippen LogP contribution in [0.5, 0.6) is 0 Å². The van der Waals surface area contributed by atoms with E-state index in [9.17, 15) is 14.4 Å². The van der Waals surface area contributed by atoms with E-state index in [1.54, 1.807) is 41.3 Å². The van der Waals surface area contributed by atoms with E-state index in [0.29, 0.717) is 37.1 Å². The summed E-state index contributed by atoms with van der Waals surface area (Å²) in [6.45, 7) is 6.46. The largest absolute Gasteiger partial charge is 0.444 e. The highest BCUT2D eigenvalue weighted by atomic mass is 16.7. The predicted octanol–water partition coefficient (Wildman–Crippen LogP) is 3.95. The van der Waals surface area contributed by atoms with Crippen LogP contribution in [0.3, 0.4) is 0 Å². The molecule has 1 aliphatic heterocycles. The first-order chi connectivity index (χ1) is 16.2. The second-order valence-corrected chi connectivity index (χ2v) is 9.24. The number of hydrogen-bond donors (Lipinski definition) is 1. The molecule has 8 nitrogen and oxygen atoms in total. The van der Waals surface area contributed by atoms with E-state index in [4.69, 9.17) is 9.57 Å². The van der Waals surface area contributed by atoms with Gasteiger partial charge >= 0.3 is 6.09 Å². The second-order valence-electron chi connectivity index (χ2n) is 9.24. The van der Waals surface area contributed by atoms with Crippen LogP contribution in [0, 0.1) is 0 Å². The molecule has 3 rings (SSSR count). The van der Waals surface area contributed by atoms with Gasteiger partial charge in [-0.25, -0.2) is 9.86 Å². The number of nitrogens with one attached hydrogen (secondary N) is 1. The van der Waals surface area contributed by atoms with Gasteiger partial charge in [-0.05, 0) is 51.3 Å². The molecule has 34 heavy (non-hydrogen) atoms. The molecule has 3 amide bonds. The summed E-state index contributed by atoms with van der Waals surface area (Å²) in [4.78, 5) is 46.1. The lowest BCUT2D eigenvalue weighted by Gasteiger charge is -2.35. The van der Waals surface area contributed by atoms with Crippen LogP contribution in [0.1, 0.15) is 55.6 Å². The molecule has 1 saturated heterocycles. The molecule has 0 unspecified atom stereocenters. The fourth-order valence-electron chi connectivity index (χ4n) is 3.86. The zero-order valence-electron chi connectivity index (χ0n) is 20.2. The minimum Gasteiger partial charge on any atom is -0.444 e. The molecular weight excluding hydrogens is 434 g/mol. The molecule has 1 aliphatic rings. The van der Waals surface area contributed by atoms with Crippen molar-refractivity contribution in [1.29, 1.82) is 0 Å². The Morgan fingerprint density at radius 1 is 0.971 bits per heavy atom. The van der Waals surface area contributed by atoms with E-state index in [1.807, 2.05) is 45.0 Å². The number of carbonyl (C=O) groups excluding carboxylic acids is 3. The van der Waals surface area contributed by atoms with Crippen molar-refractivity contribution in [3.05, 3.63) is 71.8 Å². The van der Waals surface area contributed by atoms with Gasteiger partial charge in [0.1, 0.15) is 5.60 Å². The van der Waals surface area contributed by atoms with Gasteiger partial charge in [-0.1, -0.05) is 48.5 Å². The van der Waals surface area contributed by atoms with Gasteiger partial charge < -0.3 is 15.0 Å². The number of carbonyl (C=O) groups is 3. The maximum Gasteiger partial charge on any atom is 0.410 e. The van der Waals surface area contributed by atoms with Gasteiger partial charge in [-0.2, -0.15) is 0 Å². The molecular formula is C26H33N3O5. The summed E-state index contributed by atoms with van der Waals surface area (Å²) >= 11 is 0. The molecule has 0 radical (unpaired) electrons. The topological polar surface area (TPSA) is 88.2 Å². The van der Waals surface area contributed by atoms with Crippen molar-refractivity contribution in [3.8, 4) is 0 Å². The Kier molecular flexibility index (Phi) is 8.28. The van der Waals surface area contributed by atoms with Gasteiger partial charge in [-0.3, -0.25) is 14.4 Å². The van der Waals surface area contributed by atoms with Gasteiger partial charge in [0.25, 0.3) is 5.91 Å². The monoisotopic (exact) mass is 467 g/mol. The average molecular weight is 468 g/mol. The average Bonchev–Trinajstić information content (AvgIpc) is 2.82. The normalized spacial score (nSPS) is 15.4. The van der Waals surface area contributed by atoms with Gasteiger partial charge in [0, 0.05) is 24.7 Å². The number of amides is 3. The van der Waals surface area contributed by atoms with E-state index in [2.05, 4.69) is 5.32 Å². The van der Waals surface area contributed by atoms with Crippen LogP contribution >= 0.6 is 0 Å². The standard InChI is InChI=1S/C26H33N3O5/c1-26(2,3)34-25(32)28-17-15-21(16-18-28)27-23(30)22(19-11-7-5-8-12-19)29(33-4)24(31)20-13-9-6-10-14-20/h5-14,21-22H,15-18H2,1-4H3,(H,27,30)/t22-/m1/s1. The highest BCUT2D eigenvalue weighted by molar-refractivity contribution is 5.97. The van der Waals surface area contributed by atoms with Crippen LogP contribution in [-0.4, -0.2) is 59.7 Å². The van der Waals surface area contributed by atoms with Crippen molar-refractivity contribution < 1.29 is 24.0 Å². The molecule has 1 heterocycles. The lowest BCUT2D eigenvalue weighted by molar-refractivity contribution is -0.153. The van der Waals surface area contributed by atoms with Crippen molar-refractivity contribution in [1.82, 2.24) is 15.3 Å². The third-order valence-corrected chi connectivity index (χ3v) is 5.51. The number of piperidine rings is 1. The maximum atomic E-state index is 13.5. The first kappa shape index (κ1) is 25.2. The third kappa shape index (κ3) is 6.57. The molecule has 1 fully saturated rings. The summed E-state index contributed by atoms with van der Waals surface area (Å²) in [6.07, 6.45) is 0.830. The molecule has 1 atom stereocenters. The van der Waals surface area contributed by atoms with Gasteiger partial charge in [0.15, 0.2) is 6.04 Å². The molecule has 0 bridgehead atoms. The van der Waals surface area contributed by atoms with E-state index in [-0.39, 0.29) is 18.0 Å². The van der Waals surface area contributed by atoms with Crippen molar-refractivity contribution in [3.63, 3.8) is 0 Å². The van der Waals surface area contributed by atoms with Crippen LogP contribution in [0.25, 0.3) is 0 Å². The number of hydrogen-bond acceptors (Lipinski definition) is 5. The van der Waals surface area contributed by atoms with E-state index >= 15 is 0 Å². The summed E-state index contributed by atoms with van der Waals surface area (Å²) < 4.78 is 5.44. The van der Waals surface area contributed by atoms with Crippen LogP contribution < -0.4 is 5.32 Å². The lowest BCUT2D eigenvalue weighted by atomic mass is 10.0. The van der Waals surface area contributed by atoms with E-state index in [0.717, 1.165) is 5.06 Å². The second kappa shape index (κ2) is 11.2. The van der Waals surface area contributed by atoms with Crippen LogP contribution in [0.4, 0.5) is 4.79 Å². The van der Waals surface area contributed by atoms with Crippen LogP contribution in [0.2, 0.25) is 0 Å². The Bertz CT molecular complexity index is 967. The number of ether oxygens (including phenoxy) is 1. The number of likely N-dealkylation sites (tertiary alicyclic amines) is 1. The van der Waals surface area contributed by atoms with Crippen molar-refractivity contribution in [2.24, 2.45) is 0 Å². The Morgan fingerprint density at radius 2 is 1.53 bits per heavy atom. The number of rotatable bonds is 6. The quantitative estimate of drug-likeness (QED) is 0.650. The Morgan fingerprint density at radius 3 is 2.06 bits per heavy atom. The summed E-state index contributed by atoms with van der Waals surface area (Å²) in [6, 6.07) is 16.7. The minimum absolute atomic E-state index is 0.136. The van der Waals surface area contributed by atoms with Gasteiger partial charge in [-0.15, -0.1) is 0 Å². The van der Waals surface area contributed by atoms with Crippen LogP contribution in [-0.2, 0) is 14.4 Å². The molecule has 1 N–H and O–H groups in total. The summed E-state index contributed by atoms with van der Waals surface area (Å²) in [7, 11) is 1.38. The van der Waals surface area contributed by atoms with E-state index < -0.39 is 17.6 Å². The van der Waals surface area contributed by atoms with Gasteiger partial charge in [0.2, 0.25) is 5.91 Å². The van der Waals surface area contributed by atoms with Crippen LogP contribution in [0.15, 0.2) is 60.7 Å². The molecule has 0 spiro atoms. The first-order valence-corrected chi connectivity index (χ1v) is 11.5. The Hall–Kier alpha value is -3.39.